The highest BCUT2D eigenvalue weighted by Crippen LogP contribution is 2.29. The predicted molar refractivity (Wildman–Crippen MR) is 92.3 cm³/mol. The van der Waals surface area contributed by atoms with Gasteiger partial charge in [0.2, 0.25) is 5.82 Å². The normalized spacial score (nSPS) is 10.9. The van der Waals surface area contributed by atoms with Gasteiger partial charge in [-0.25, -0.2) is 4.79 Å². The number of phenolic OH excluding ortho intramolecular Hbond substituents is 1. The number of hydrogen-bond acceptors (Lipinski definition) is 7. The lowest BCUT2D eigenvalue weighted by atomic mass is 10.1. The van der Waals surface area contributed by atoms with Crippen LogP contribution in [0.3, 0.4) is 0 Å². The lowest BCUT2D eigenvalue weighted by Gasteiger charge is -2.07. The Bertz CT molecular complexity index is 1040. The molecule has 0 bridgehead atoms. The number of esters is 1. The van der Waals surface area contributed by atoms with Crippen LogP contribution in [-0.4, -0.2) is 21.2 Å². The first kappa shape index (κ1) is 15.3. The minimum Gasteiger partial charge on any atom is -0.506 e. The van der Waals surface area contributed by atoms with Gasteiger partial charge in [-0.05, 0) is 22.9 Å². The van der Waals surface area contributed by atoms with Crippen molar-refractivity contribution in [1.82, 2.24) is 10.1 Å². The molecule has 4 aromatic rings. The van der Waals surface area contributed by atoms with Crippen molar-refractivity contribution in [1.29, 1.82) is 0 Å². The number of phenols is 1. The van der Waals surface area contributed by atoms with E-state index in [0.29, 0.717) is 11.2 Å². The molecular weight excluding hydrogens is 340 g/mol. The minimum atomic E-state index is -0.654. The standard InChI is InChI=1S/C18H12N2O4S/c21-16-13-4-2-1-3-11(13)5-6-14(16)18(22)23-9-15-19-17(20-24-15)12-7-8-25-10-12/h1-8,10,21H,9H2. The molecule has 6 nitrogen and oxygen atoms in total. The number of thiophene rings is 1. The molecule has 2 aromatic carbocycles. The third-order valence-electron chi connectivity index (χ3n) is 3.69. The van der Waals surface area contributed by atoms with E-state index < -0.39 is 5.97 Å². The first-order valence-corrected chi connectivity index (χ1v) is 8.39. The highest BCUT2D eigenvalue weighted by atomic mass is 32.1. The highest BCUT2D eigenvalue weighted by molar-refractivity contribution is 7.08. The summed E-state index contributed by atoms with van der Waals surface area (Å²) in [5.74, 6) is -0.123. The van der Waals surface area contributed by atoms with Crippen LogP contribution in [0.15, 0.2) is 57.7 Å². The molecule has 25 heavy (non-hydrogen) atoms. The molecule has 0 aliphatic carbocycles. The van der Waals surface area contributed by atoms with Gasteiger partial charge in [-0.2, -0.15) is 16.3 Å². The van der Waals surface area contributed by atoms with Crippen LogP contribution in [0.2, 0.25) is 0 Å². The predicted octanol–water partition coefficient (Wildman–Crippen LogP) is 4.01. The van der Waals surface area contributed by atoms with Gasteiger partial charge in [0, 0.05) is 16.3 Å². The lowest BCUT2D eigenvalue weighted by Crippen LogP contribution is -2.06. The molecule has 0 saturated heterocycles. The van der Waals surface area contributed by atoms with E-state index in [1.807, 2.05) is 29.0 Å². The van der Waals surface area contributed by atoms with Crippen molar-refractivity contribution in [3.63, 3.8) is 0 Å². The summed E-state index contributed by atoms with van der Waals surface area (Å²) in [4.78, 5) is 16.4. The summed E-state index contributed by atoms with van der Waals surface area (Å²) in [5, 5.41) is 19.4. The molecule has 0 aliphatic heterocycles. The van der Waals surface area contributed by atoms with Crippen LogP contribution in [-0.2, 0) is 11.3 Å². The topological polar surface area (TPSA) is 85.5 Å². The smallest absolute Gasteiger partial charge is 0.342 e. The Morgan fingerprint density at radius 3 is 2.92 bits per heavy atom. The summed E-state index contributed by atoms with van der Waals surface area (Å²) in [7, 11) is 0. The third-order valence-corrected chi connectivity index (χ3v) is 4.38. The first-order chi connectivity index (χ1) is 12.2. The zero-order valence-electron chi connectivity index (χ0n) is 12.9. The van der Waals surface area contributed by atoms with Gasteiger partial charge in [0.05, 0.1) is 0 Å². The van der Waals surface area contributed by atoms with Crippen molar-refractivity contribution in [3.05, 3.63) is 64.7 Å². The zero-order valence-corrected chi connectivity index (χ0v) is 13.7. The molecule has 0 saturated carbocycles. The number of carbonyl (C=O) groups is 1. The van der Waals surface area contributed by atoms with E-state index in [2.05, 4.69) is 10.1 Å². The fourth-order valence-electron chi connectivity index (χ4n) is 2.45. The molecule has 1 N–H and O–H groups in total. The number of rotatable bonds is 4. The van der Waals surface area contributed by atoms with Crippen LogP contribution in [0.5, 0.6) is 5.75 Å². The Balaban J connectivity index is 1.50. The molecule has 7 heteroatoms. The molecule has 0 atom stereocenters. The number of nitrogens with zero attached hydrogens (tertiary/aromatic N) is 2. The average Bonchev–Trinajstić information content (AvgIpc) is 3.31. The first-order valence-electron chi connectivity index (χ1n) is 7.45. The number of benzene rings is 2. The molecule has 0 aliphatic rings. The second-order valence-electron chi connectivity index (χ2n) is 5.28. The maximum Gasteiger partial charge on any atom is 0.342 e. The van der Waals surface area contributed by atoms with Gasteiger partial charge in [-0.15, -0.1) is 0 Å². The fourth-order valence-corrected chi connectivity index (χ4v) is 3.08. The molecule has 0 fully saturated rings. The van der Waals surface area contributed by atoms with E-state index in [0.717, 1.165) is 10.9 Å². The summed E-state index contributed by atoms with van der Waals surface area (Å²) >= 11 is 1.53. The lowest BCUT2D eigenvalue weighted by molar-refractivity contribution is 0.0427. The van der Waals surface area contributed by atoms with Crippen LogP contribution in [0.1, 0.15) is 16.2 Å². The monoisotopic (exact) mass is 352 g/mol. The fraction of sp³-hybridized carbons (Fsp3) is 0.0556. The molecule has 0 radical (unpaired) electrons. The number of aromatic nitrogens is 2. The van der Waals surface area contributed by atoms with Gasteiger partial charge in [-0.3, -0.25) is 0 Å². The molecule has 2 heterocycles. The summed E-state index contributed by atoms with van der Waals surface area (Å²) in [5.41, 5.74) is 0.940. The van der Waals surface area contributed by atoms with E-state index in [1.54, 1.807) is 18.2 Å². The Labute approximate surface area is 146 Å². The van der Waals surface area contributed by atoms with Crippen molar-refractivity contribution in [2.24, 2.45) is 0 Å². The van der Waals surface area contributed by atoms with E-state index in [9.17, 15) is 9.90 Å². The summed E-state index contributed by atoms with van der Waals surface area (Å²) in [6, 6.07) is 12.4. The van der Waals surface area contributed by atoms with Gasteiger partial charge < -0.3 is 14.4 Å². The van der Waals surface area contributed by atoms with Gasteiger partial charge >= 0.3 is 5.97 Å². The molecule has 0 unspecified atom stereocenters. The Morgan fingerprint density at radius 2 is 2.08 bits per heavy atom. The van der Waals surface area contributed by atoms with Gasteiger partial charge in [0.15, 0.2) is 6.61 Å². The Kier molecular flexibility index (Phi) is 3.91. The average molecular weight is 352 g/mol. The van der Waals surface area contributed by atoms with Crippen molar-refractivity contribution in [3.8, 4) is 17.1 Å². The second kappa shape index (κ2) is 6.37. The Morgan fingerprint density at radius 1 is 1.20 bits per heavy atom. The summed E-state index contributed by atoms with van der Waals surface area (Å²) in [6.45, 7) is -0.164. The molecule has 0 amide bonds. The van der Waals surface area contributed by atoms with E-state index in [-0.39, 0.29) is 23.8 Å². The number of hydrogen-bond donors (Lipinski definition) is 1. The van der Waals surface area contributed by atoms with Crippen molar-refractivity contribution < 1.29 is 19.2 Å². The number of carbonyl (C=O) groups excluding carboxylic acids is 1. The Hall–Kier alpha value is -3.19. The maximum absolute atomic E-state index is 12.2. The van der Waals surface area contributed by atoms with E-state index >= 15 is 0 Å². The van der Waals surface area contributed by atoms with E-state index in [1.165, 1.54) is 17.4 Å². The molecular formula is C18H12N2O4S. The molecule has 4 rings (SSSR count). The van der Waals surface area contributed by atoms with Gasteiger partial charge in [0.25, 0.3) is 5.89 Å². The quantitative estimate of drug-likeness (QED) is 0.559. The molecule has 0 spiro atoms. The molecule has 2 aromatic heterocycles. The van der Waals surface area contributed by atoms with Crippen molar-refractivity contribution >= 4 is 28.1 Å². The largest absolute Gasteiger partial charge is 0.506 e. The minimum absolute atomic E-state index is 0.0938. The van der Waals surface area contributed by atoms with Crippen LogP contribution in [0.4, 0.5) is 0 Å². The number of fused-ring (bicyclic) bond motifs is 1. The van der Waals surface area contributed by atoms with Crippen molar-refractivity contribution in [2.75, 3.05) is 0 Å². The van der Waals surface area contributed by atoms with Crippen molar-refractivity contribution in [2.45, 2.75) is 6.61 Å². The number of ether oxygens (including phenoxy) is 1. The molecule has 124 valence electrons. The second-order valence-corrected chi connectivity index (χ2v) is 6.06. The third kappa shape index (κ3) is 2.97. The zero-order chi connectivity index (χ0) is 17.2. The summed E-state index contributed by atoms with van der Waals surface area (Å²) in [6.07, 6.45) is 0. The van der Waals surface area contributed by atoms with Crippen LogP contribution in [0.25, 0.3) is 22.2 Å². The highest BCUT2D eigenvalue weighted by Gasteiger charge is 2.17. The van der Waals surface area contributed by atoms with Crippen LogP contribution in [0, 0.1) is 0 Å². The van der Waals surface area contributed by atoms with Crippen LogP contribution >= 0.6 is 11.3 Å². The van der Waals surface area contributed by atoms with Gasteiger partial charge in [-0.1, -0.05) is 35.5 Å². The maximum atomic E-state index is 12.2. The summed E-state index contributed by atoms with van der Waals surface area (Å²) < 4.78 is 10.3. The SMILES string of the molecule is O=C(OCc1nc(-c2ccsc2)no1)c1ccc2ccccc2c1O. The van der Waals surface area contributed by atoms with Crippen LogP contribution < -0.4 is 0 Å². The van der Waals surface area contributed by atoms with Gasteiger partial charge in [0.1, 0.15) is 11.3 Å². The van der Waals surface area contributed by atoms with E-state index in [4.69, 9.17) is 9.26 Å². The number of aromatic hydroxyl groups is 1.